The van der Waals surface area contributed by atoms with Gasteiger partial charge in [0.15, 0.2) is 0 Å². The number of hydrogen-bond donors (Lipinski definition) is 1. The van der Waals surface area contributed by atoms with Gasteiger partial charge in [0.25, 0.3) is 0 Å². The van der Waals surface area contributed by atoms with Crippen molar-refractivity contribution in [2.75, 3.05) is 0 Å². The molecule has 0 saturated heterocycles. The van der Waals surface area contributed by atoms with Crippen molar-refractivity contribution in [1.29, 1.82) is 0 Å². The Labute approximate surface area is 89.4 Å². The molecule has 0 aliphatic rings. The van der Waals surface area contributed by atoms with E-state index < -0.39 is 6.09 Å². The van der Waals surface area contributed by atoms with Gasteiger partial charge in [-0.25, -0.2) is 9.78 Å². The van der Waals surface area contributed by atoms with Gasteiger partial charge < -0.3 is 14.6 Å². The summed E-state index contributed by atoms with van der Waals surface area (Å²) in [6.07, 6.45) is 2.91. The Morgan fingerprint density at radius 1 is 1.53 bits per heavy atom. The number of amides is 1. The molecule has 1 aromatic heterocycles. The number of imidazole rings is 1. The number of hydrogen-bond acceptors (Lipinski definition) is 3. The number of aryl methyl sites for hydroxylation is 1. The summed E-state index contributed by atoms with van der Waals surface area (Å²) in [5.74, 6) is 0. The Hall–Kier alpha value is -1.52. The Morgan fingerprint density at radius 2 is 2.20 bits per heavy atom. The van der Waals surface area contributed by atoms with Gasteiger partial charge >= 0.3 is 6.09 Å². The molecular formula is C10H17N3O2. The van der Waals surface area contributed by atoms with Crippen LogP contribution in [0, 0.1) is 0 Å². The molecule has 15 heavy (non-hydrogen) atoms. The van der Waals surface area contributed by atoms with Gasteiger partial charge in [-0.3, -0.25) is 0 Å². The van der Waals surface area contributed by atoms with Gasteiger partial charge in [0, 0.05) is 7.05 Å². The van der Waals surface area contributed by atoms with Crippen LogP contribution in [0.2, 0.25) is 0 Å². The van der Waals surface area contributed by atoms with Crippen molar-refractivity contribution >= 4 is 6.09 Å². The lowest BCUT2D eigenvalue weighted by atomic mass is 10.2. The third-order valence-corrected chi connectivity index (χ3v) is 1.97. The number of ether oxygens (including phenoxy) is 1. The van der Waals surface area contributed by atoms with E-state index in [-0.39, 0.29) is 12.1 Å². The van der Waals surface area contributed by atoms with E-state index >= 15 is 0 Å². The van der Waals surface area contributed by atoms with Gasteiger partial charge in [0.1, 0.15) is 0 Å². The first-order chi connectivity index (χ1) is 7.00. The quantitative estimate of drug-likeness (QED) is 0.826. The lowest BCUT2D eigenvalue weighted by Gasteiger charge is -2.15. The van der Waals surface area contributed by atoms with Crippen molar-refractivity contribution in [2.45, 2.75) is 32.9 Å². The first-order valence-electron chi connectivity index (χ1n) is 4.94. The maximum atomic E-state index is 11.3. The minimum atomic E-state index is -0.404. The van der Waals surface area contributed by atoms with Gasteiger partial charge in [-0.1, -0.05) is 0 Å². The van der Waals surface area contributed by atoms with Crippen LogP contribution in [0.15, 0.2) is 12.5 Å². The smallest absolute Gasteiger partial charge is 0.407 e. The highest BCUT2D eigenvalue weighted by molar-refractivity contribution is 5.67. The van der Waals surface area contributed by atoms with Gasteiger partial charge in [-0.2, -0.15) is 0 Å². The monoisotopic (exact) mass is 211 g/mol. The lowest BCUT2D eigenvalue weighted by Crippen LogP contribution is -2.30. The summed E-state index contributed by atoms with van der Waals surface area (Å²) in [7, 11) is 1.88. The van der Waals surface area contributed by atoms with Crippen molar-refractivity contribution in [2.24, 2.45) is 7.05 Å². The molecule has 1 N–H and O–H groups in total. The van der Waals surface area contributed by atoms with Gasteiger partial charge in [0.05, 0.1) is 30.4 Å². The van der Waals surface area contributed by atoms with Crippen LogP contribution in [0.1, 0.15) is 32.5 Å². The number of nitrogens with one attached hydrogen (secondary N) is 1. The molecule has 0 fully saturated rings. The molecule has 1 rings (SSSR count). The molecule has 1 atom stereocenters. The van der Waals surface area contributed by atoms with Crippen molar-refractivity contribution in [3.63, 3.8) is 0 Å². The molecule has 5 nitrogen and oxygen atoms in total. The van der Waals surface area contributed by atoms with Crippen LogP contribution >= 0.6 is 0 Å². The number of rotatable bonds is 3. The standard InChI is InChI=1S/C10H17N3O2/c1-7(2)15-10(14)12-8(3)9-5-11-6-13(9)4/h5-8H,1-4H3,(H,12,14). The SMILES string of the molecule is CC(C)OC(=O)NC(C)c1cncn1C. The van der Waals surface area contributed by atoms with E-state index in [0.29, 0.717) is 0 Å². The summed E-state index contributed by atoms with van der Waals surface area (Å²) in [5, 5.41) is 2.73. The molecule has 84 valence electrons. The zero-order chi connectivity index (χ0) is 11.4. The molecule has 1 heterocycles. The van der Waals surface area contributed by atoms with Crippen molar-refractivity contribution < 1.29 is 9.53 Å². The Kier molecular flexibility index (Phi) is 3.71. The van der Waals surface area contributed by atoms with Crippen LogP contribution in [0.5, 0.6) is 0 Å². The van der Waals surface area contributed by atoms with Gasteiger partial charge in [-0.15, -0.1) is 0 Å². The van der Waals surface area contributed by atoms with E-state index in [4.69, 9.17) is 4.74 Å². The lowest BCUT2D eigenvalue weighted by molar-refractivity contribution is 0.112. The fraction of sp³-hybridized carbons (Fsp3) is 0.600. The van der Waals surface area contributed by atoms with Crippen LogP contribution in [-0.4, -0.2) is 21.7 Å². The molecule has 0 aromatic carbocycles. The van der Waals surface area contributed by atoms with E-state index in [1.54, 1.807) is 12.5 Å². The van der Waals surface area contributed by atoms with Gasteiger partial charge in [-0.05, 0) is 20.8 Å². The topological polar surface area (TPSA) is 56.1 Å². The van der Waals surface area contributed by atoms with E-state index in [2.05, 4.69) is 10.3 Å². The number of carbonyl (C=O) groups excluding carboxylic acids is 1. The van der Waals surface area contributed by atoms with Crippen LogP contribution in [0.3, 0.4) is 0 Å². The normalized spacial score (nSPS) is 12.6. The van der Waals surface area contributed by atoms with Crippen LogP contribution in [0.25, 0.3) is 0 Å². The van der Waals surface area contributed by atoms with Crippen LogP contribution < -0.4 is 5.32 Å². The molecule has 5 heteroatoms. The number of nitrogens with zero attached hydrogens (tertiary/aromatic N) is 2. The second-order valence-electron chi connectivity index (χ2n) is 3.75. The molecule has 0 aliphatic heterocycles. The Balaban J connectivity index is 2.53. The summed E-state index contributed by atoms with van der Waals surface area (Å²) in [5.41, 5.74) is 0.940. The molecule has 1 aromatic rings. The second-order valence-corrected chi connectivity index (χ2v) is 3.75. The molecule has 0 saturated carbocycles. The van der Waals surface area contributed by atoms with Crippen molar-refractivity contribution in [3.05, 3.63) is 18.2 Å². The summed E-state index contributed by atoms with van der Waals surface area (Å²) < 4.78 is 6.84. The number of alkyl carbamates (subject to hydrolysis) is 1. The first kappa shape index (κ1) is 11.6. The minimum absolute atomic E-state index is 0.108. The van der Waals surface area contributed by atoms with E-state index in [1.165, 1.54) is 0 Å². The molecular weight excluding hydrogens is 194 g/mol. The molecule has 0 spiro atoms. The largest absolute Gasteiger partial charge is 0.447 e. The molecule has 0 radical (unpaired) electrons. The molecule has 1 unspecified atom stereocenters. The minimum Gasteiger partial charge on any atom is -0.447 e. The summed E-state index contributed by atoms with van der Waals surface area (Å²) in [6, 6.07) is -0.108. The Morgan fingerprint density at radius 3 is 2.67 bits per heavy atom. The highest BCUT2D eigenvalue weighted by Gasteiger charge is 2.13. The average molecular weight is 211 g/mol. The third-order valence-electron chi connectivity index (χ3n) is 1.97. The zero-order valence-electron chi connectivity index (χ0n) is 9.52. The van der Waals surface area contributed by atoms with Crippen molar-refractivity contribution in [3.8, 4) is 0 Å². The second kappa shape index (κ2) is 4.82. The third kappa shape index (κ3) is 3.27. The summed E-state index contributed by atoms with van der Waals surface area (Å²) in [4.78, 5) is 15.3. The first-order valence-corrected chi connectivity index (χ1v) is 4.94. The maximum Gasteiger partial charge on any atom is 0.407 e. The van der Waals surface area contributed by atoms with Crippen molar-refractivity contribution in [1.82, 2.24) is 14.9 Å². The van der Waals surface area contributed by atoms with E-state index in [0.717, 1.165) is 5.69 Å². The Bertz CT molecular complexity index is 333. The van der Waals surface area contributed by atoms with E-state index in [1.807, 2.05) is 32.4 Å². The van der Waals surface area contributed by atoms with Crippen LogP contribution in [0.4, 0.5) is 4.79 Å². The average Bonchev–Trinajstić information content (AvgIpc) is 2.49. The summed E-state index contributed by atoms with van der Waals surface area (Å²) in [6.45, 7) is 5.52. The predicted molar refractivity (Wildman–Crippen MR) is 56.4 cm³/mol. The van der Waals surface area contributed by atoms with Gasteiger partial charge in [0.2, 0.25) is 0 Å². The number of aromatic nitrogens is 2. The molecule has 0 bridgehead atoms. The maximum absolute atomic E-state index is 11.3. The van der Waals surface area contributed by atoms with E-state index in [9.17, 15) is 4.79 Å². The van der Waals surface area contributed by atoms with Crippen LogP contribution in [-0.2, 0) is 11.8 Å². The fourth-order valence-electron chi connectivity index (χ4n) is 1.28. The number of carbonyl (C=O) groups is 1. The molecule has 1 amide bonds. The summed E-state index contributed by atoms with van der Waals surface area (Å²) >= 11 is 0. The predicted octanol–water partition coefficient (Wildman–Crippen LogP) is 1.62. The fourth-order valence-corrected chi connectivity index (χ4v) is 1.28. The zero-order valence-corrected chi connectivity index (χ0v) is 9.52. The highest BCUT2D eigenvalue weighted by Crippen LogP contribution is 2.10. The highest BCUT2D eigenvalue weighted by atomic mass is 16.6. The molecule has 0 aliphatic carbocycles.